The predicted molar refractivity (Wildman–Crippen MR) is 255 cm³/mol. The minimum atomic E-state index is 0.604. The molecule has 0 aliphatic carbocycles. The number of fused-ring (bicyclic) bond motifs is 3. The van der Waals surface area contributed by atoms with Crippen LogP contribution in [0, 0.1) is 6.92 Å². The van der Waals surface area contributed by atoms with Gasteiger partial charge in [0.2, 0.25) is 0 Å². The lowest BCUT2D eigenvalue weighted by Crippen LogP contribution is -2.03. The average molecular weight is 794 g/mol. The van der Waals surface area contributed by atoms with Gasteiger partial charge in [-0.1, -0.05) is 170 Å². The van der Waals surface area contributed by atoms with Gasteiger partial charge >= 0.3 is 0 Å². The summed E-state index contributed by atoms with van der Waals surface area (Å²) in [6.45, 7) is 2.17. The third-order valence-corrected chi connectivity index (χ3v) is 11.6. The average Bonchev–Trinajstić information content (AvgIpc) is 3.68. The topological polar surface area (TPSA) is 56.5 Å². The number of rotatable bonds is 8. The van der Waals surface area contributed by atoms with Crippen molar-refractivity contribution in [1.82, 2.24) is 24.5 Å². The van der Waals surface area contributed by atoms with E-state index in [1.807, 2.05) is 48.5 Å². The van der Waals surface area contributed by atoms with Gasteiger partial charge in [-0.3, -0.25) is 0 Å². The maximum Gasteiger partial charge on any atom is 0.162 e. The summed E-state index contributed by atoms with van der Waals surface area (Å²) in [5.41, 5.74) is 15.9. The molecule has 0 unspecified atom stereocenters. The van der Waals surface area contributed by atoms with Crippen molar-refractivity contribution >= 4 is 21.8 Å². The van der Waals surface area contributed by atoms with Gasteiger partial charge in [-0.2, -0.15) is 0 Å². The van der Waals surface area contributed by atoms with Gasteiger partial charge in [-0.05, 0) is 72.1 Å². The highest BCUT2D eigenvalue weighted by molar-refractivity contribution is 6.11. The van der Waals surface area contributed by atoms with Crippen LogP contribution in [0.4, 0.5) is 0 Å². The molecule has 0 aliphatic heterocycles. The number of nitrogens with zero attached hydrogens (tertiary/aromatic N) is 5. The SMILES string of the molecule is Cc1ccccc1-c1ccc2c(c1)c1ccccc1n2-c1ccc(-c2nc(-c3ccccc3)cc(-c3ccccc3)n2)cc1-c1nc(-c2ccccc2)cc(-c2ccccc2)n1. The van der Waals surface area contributed by atoms with Crippen LogP contribution in [0.3, 0.4) is 0 Å². The number of benzene rings is 8. The van der Waals surface area contributed by atoms with Crippen molar-refractivity contribution < 1.29 is 0 Å². The molecule has 292 valence electrons. The molecule has 0 fully saturated rings. The summed E-state index contributed by atoms with van der Waals surface area (Å²) >= 11 is 0. The smallest absolute Gasteiger partial charge is 0.162 e. The first-order valence-electron chi connectivity index (χ1n) is 20.9. The fraction of sp³-hybridized carbons (Fsp3) is 0.0175. The molecule has 0 spiro atoms. The molecule has 0 aliphatic rings. The van der Waals surface area contributed by atoms with E-state index in [0.29, 0.717) is 11.6 Å². The first-order valence-corrected chi connectivity index (χ1v) is 20.9. The van der Waals surface area contributed by atoms with E-state index < -0.39 is 0 Å². The molecule has 5 nitrogen and oxygen atoms in total. The van der Waals surface area contributed by atoms with Gasteiger partial charge in [0, 0.05) is 44.2 Å². The lowest BCUT2D eigenvalue weighted by molar-refractivity contribution is 1.13. The summed E-state index contributed by atoms with van der Waals surface area (Å²) < 4.78 is 2.36. The Hall–Kier alpha value is -8.28. The molecule has 0 N–H and O–H groups in total. The van der Waals surface area contributed by atoms with Gasteiger partial charge in [-0.25, -0.2) is 19.9 Å². The van der Waals surface area contributed by atoms with E-state index in [0.717, 1.165) is 72.9 Å². The zero-order valence-electron chi connectivity index (χ0n) is 34.0. The second-order valence-corrected chi connectivity index (χ2v) is 15.5. The van der Waals surface area contributed by atoms with E-state index in [1.165, 1.54) is 27.5 Å². The first kappa shape index (κ1) is 36.8. The normalized spacial score (nSPS) is 11.3. The van der Waals surface area contributed by atoms with E-state index in [2.05, 4.69) is 181 Å². The number of aromatic nitrogens is 5. The molecule has 0 amide bonds. The highest BCUT2D eigenvalue weighted by Gasteiger charge is 2.21. The van der Waals surface area contributed by atoms with E-state index in [9.17, 15) is 0 Å². The van der Waals surface area contributed by atoms with E-state index in [4.69, 9.17) is 19.9 Å². The van der Waals surface area contributed by atoms with E-state index in [1.54, 1.807) is 0 Å². The molecular formula is C57H39N5. The number of aryl methyl sites for hydroxylation is 1. The highest BCUT2D eigenvalue weighted by Crippen LogP contribution is 2.40. The van der Waals surface area contributed by atoms with Crippen LogP contribution in [-0.2, 0) is 0 Å². The lowest BCUT2D eigenvalue weighted by atomic mass is 9.99. The zero-order valence-corrected chi connectivity index (χ0v) is 34.0. The molecule has 0 atom stereocenters. The van der Waals surface area contributed by atoms with E-state index >= 15 is 0 Å². The lowest BCUT2D eigenvalue weighted by Gasteiger charge is -2.17. The standard InChI is InChI=1S/C57H39N5/c1-38-18-14-15-27-45(38)43-30-32-54-47(34-43)46-28-16-17-29-53(46)62(54)55-33-31-44(56-58-49(39-19-6-2-7-20-39)36-50(59-56)40-21-8-3-9-22-40)35-48(55)57-60-51(41-23-10-4-11-24-41)37-52(61-57)42-25-12-5-13-26-42/h2-37H,1H3. The Labute approximate surface area is 360 Å². The van der Waals surface area contributed by atoms with Crippen molar-refractivity contribution in [3.63, 3.8) is 0 Å². The number of hydrogen-bond acceptors (Lipinski definition) is 4. The molecule has 0 radical (unpaired) electrons. The monoisotopic (exact) mass is 793 g/mol. The fourth-order valence-corrected chi connectivity index (χ4v) is 8.52. The molecule has 3 aromatic heterocycles. The molecule has 3 heterocycles. The molecular weight excluding hydrogens is 755 g/mol. The highest BCUT2D eigenvalue weighted by atomic mass is 15.0. The van der Waals surface area contributed by atoms with Gasteiger partial charge in [0.15, 0.2) is 11.6 Å². The van der Waals surface area contributed by atoms with Crippen LogP contribution in [-0.4, -0.2) is 24.5 Å². The minimum absolute atomic E-state index is 0.604. The third-order valence-electron chi connectivity index (χ3n) is 11.6. The van der Waals surface area contributed by atoms with Crippen molar-refractivity contribution in [3.8, 4) is 84.6 Å². The zero-order chi connectivity index (χ0) is 41.4. The van der Waals surface area contributed by atoms with Crippen LogP contribution in [0.2, 0.25) is 0 Å². The van der Waals surface area contributed by atoms with Gasteiger partial charge in [0.1, 0.15) is 0 Å². The van der Waals surface area contributed by atoms with Gasteiger partial charge in [0.05, 0.1) is 39.5 Å². The molecule has 0 saturated heterocycles. The van der Waals surface area contributed by atoms with Gasteiger partial charge in [-0.15, -0.1) is 0 Å². The van der Waals surface area contributed by atoms with Crippen LogP contribution in [0.5, 0.6) is 0 Å². The Bertz CT molecular complexity index is 3280. The second-order valence-electron chi connectivity index (χ2n) is 15.5. The molecule has 5 heteroatoms. The van der Waals surface area contributed by atoms with Crippen LogP contribution >= 0.6 is 0 Å². The van der Waals surface area contributed by atoms with Gasteiger partial charge in [0.25, 0.3) is 0 Å². The van der Waals surface area contributed by atoms with Crippen LogP contribution in [0.25, 0.3) is 106 Å². The summed E-state index contributed by atoms with van der Waals surface area (Å²) in [4.78, 5) is 21.3. The molecule has 11 aromatic rings. The summed E-state index contributed by atoms with van der Waals surface area (Å²) in [6, 6.07) is 76.0. The summed E-state index contributed by atoms with van der Waals surface area (Å²) in [5, 5.41) is 2.34. The summed E-state index contributed by atoms with van der Waals surface area (Å²) in [7, 11) is 0. The second kappa shape index (κ2) is 15.7. The summed E-state index contributed by atoms with van der Waals surface area (Å²) in [5.74, 6) is 1.22. The van der Waals surface area contributed by atoms with Crippen molar-refractivity contribution in [2.75, 3.05) is 0 Å². The van der Waals surface area contributed by atoms with Crippen molar-refractivity contribution in [1.29, 1.82) is 0 Å². The third kappa shape index (κ3) is 6.82. The van der Waals surface area contributed by atoms with Crippen molar-refractivity contribution in [2.24, 2.45) is 0 Å². The number of hydrogen-bond donors (Lipinski definition) is 0. The van der Waals surface area contributed by atoms with Crippen LogP contribution in [0.1, 0.15) is 5.56 Å². The Morgan fingerprint density at radius 3 is 1.31 bits per heavy atom. The van der Waals surface area contributed by atoms with Gasteiger partial charge < -0.3 is 4.57 Å². The number of para-hydroxylation sites is 1. The Morgan fingerprint density at radius 1 is 0.306 bits per heavy atom. The van der Waals surface area contributed by atoms with Crippen LogP contribution in [0.15, 0.2) is 218 Å². The van der Waals surface area contributed by atoms with E-state index in [-0.39, 0.29) is 0 Å². The molecule has 0 saturated carbocycles. The largest absolute Gasteiger partial charge is 0.309 e. The molecule has 0 bridgehead atoms. The predicted octanol–water partition coefficient (Wildman–Crippen LogP) is 14.3. The Morgan fingerprint density at radius 2 is 0.758 bits per heavy atom. The first-order chi connectivity index (χ1) is 30.6. The Balaban J connectivity index is 1.20. The maximum absolute atomic E-state index is 5.39. The minimum Gasteiger partial charge on any atom is -0.309 e. The molecule has 8 aromatic carbocycles. The Kier molecular flexibility index (Phi) is 9.32. The van der Waals surface area contributed by atoms with Crippen molar-refractivity contribution in [2.45, 2.75) is 6.92 Å². The quantitative estimate of drug-likeness (QED) is 0.154. The summed E-state index contributed by atoms with van der Waals surface area (Å²) in [6.07, 6.45) is 0. The fourth-order valence-electron chi connectivity index (χ4n) is 8.52. The molecule has 62 heavy (non-hydrogen) atoms. The maximum atomic E-state index is 5.39. The van der Waals surface area contributed by atoms with Crippen LogP contribution < -0.4 is 0 Å². The molecule has 11 rings (SSSR count). The van der Waals surface area contributed by atoms with Crippen molar-refractivity contribution in [3.05, 3.63) is 224 Å².